The quantitative estimate of drug-likeness (QED) is 0.616. The van der Waals surface area contributed by atoms with Crippen molar-refractivity contribution in [1.29, 1.82) is 0 Å². The number of rotatable bonds is 6. The summed E-state index contributed by atoms with van der Waals surface area (Å²) in [5, 5.41) is 9.93. The number of pyridine rings is 1. The largest absolute Gasteiger partial charge is 0.497 e. The highest BCUT2D eigenvalue weighted by Gasteiger charge is 2.30. The van der Waals surface area contributed by atoms with E-state index in [2.05, 4.69) is 20.5 Å². The Morgan fingerprint density at radius 2 is 2.00 bits per heavy atom. The highest BCUT2D eigenvalue weighted by atomic mass is 16.5. The number of aromatic nitrogens is 3. The molecule has 1 aromatic carbocycles. The van der Waals surface area contributed by atoms with Gasteiger partial charge >= 0.3 is 0 Å². The number of likely N-dealkylation sites (tertiary alicyclic amines) is 1. The van der Waals surface area contributed by atoms with Crippen LogP contribution in [0.2, 0.25) is 0 Å². The highest BCUT2D eigenvalue weighted by molar-refractivity contribution is 5.96. The van der Waals surface area contributed by atoms with Crippen molar-refractivity contribution in [2.45, 2.75) is 12.8 Å². The fourth-order valence-electron chi connectivity index (χ4n) is 3.77. The molecule has 0 bridgehead atoms. The minimum Gasteiger partial charge on any atom is -0.497 e. The number of H-pyrrole nitrogens is 1. The summed E-state index contributed by atoms with van der Waals surface area (Å²) in [7, 11) is 3.11. The molecule has 1 fully saturated rings. The van der Waals surface area contributed by atoms with Gasteiger partial charge in [-0.1, -0.05) is 6.07 Å². The monoisotopic (exact) mass is 435 g/mol. The van der Waals surface area contributed by atoms with Crippen LogP contribution in [0, 0.1) is 5.92 Å². The van der Waals surface area contributed by atoms with Gasteiger partial charge in [0.05, 0.1) is 31.5 Å². The molecule has 1 saturated heterocycles. The van der Waals surface area contributed by atoms with E-state index in [1.54, 1.807) is 49.6 Å². The number of benzene rings is 1. The molecule has 1 aliphatic heterocycles. The molecule has 0 spiro atoms. The van der Waals surface area contributed by atoms with E-state index in [0.29, 0.717) is 53.8 Å². The summed E-state index contributed by atoms with van der Waals surface area (Å²) in [6.45, 7) is 0.915. The second-order valence-electron chi connectivity index (χ2n) is 7.53. The molecule has 1 aliphatic rings. The molecule has 9 heteroatoms. The van der Waals surface area contributed by atoms with Gasteiger partial charge in [-0.15, -0.1) is 0 Å². The zero-order valence-electron chi connectivity index (χ0n) is 18.0. The molecule has 1 unspecified atom stereocenters. The third kappa shape index (κ3) is 4.56. The number of piperidine rings is 1. The third-order valence-corrected chi connectivity index (χ3v) is 5.48. The van der Waals surface area contributed by atoms with Gasteiger partial charge in [-0.25, -0.2) is 0 Å². The van der Waals surface area contributed by atoms with Gasteiger partial charge in [-0.05, 0) is 43.2 Å². The van der Waals surface area contributed by atoms with E-state index in [4.69, 9.17) is 9.47 Å². The predicted octanol–water partition coefficient (Wildman–Crippen LogP) is 2.98. The number of hydrogen-bond acceptors (Lipinski definition) is 6. The topological polar surface area (TPSA) is 109 Å². The van der Waals surface area contributed by atoms with Crippen LogP contribution in [0.25, 0.3) is 11.4 Å². The second kappa shape index (κ2) is 9.51. The number of hydrogen-bond donors (Lipinski definition) is 2. The van der Waals surface area contributed by atoms with E-state index in [1.165, 1.54) is 0 Å². The van der Waals surface area contributed by atoms with Crippen molar-refractivity contribution in [1.82, 2.24) is 20.1 Å². The molecule has 2 amide bonds. The molecule has 9 nitrogen and oxygen atoms in total. The first-order valence-electron chi connectivity index (χ1n) is 10.4. The standard InChI is InChI=1S/C23H25N5O4/c1-31-16-8-9-21(32-2)19(12-16)25-22(29)15-6-5-11-28(14-15)23(30)20-13-18(26-27-20)17-7-3-4-10-24-17/h3-4,7-10,12-13,15H,5-6,11,14H2,1-2H3,(H,25,29)(H,26,27). The van der Waals surface area contributed by atoms with Gasteiger partial charge in [0.1, 0.15) is 22.9 Å². The molecule has 3 heterocycles. The number of ether oxygens (including phenoxy) is 2. The molecular formula is C23H25N5O4. The normalized spacial score (nSPS) is 15.8. The predicted molar refractivity (Wildman–Crippen MR) is 119 cm³/mol. The fraction of sp³-hybridized carbons (Fsp3) is 0.304. The lowest BCUT2D eigenvalue weighted by Gasteiger charge is -2.31. The zero-order chi connectivity index (χ0) is 22.5. The summed E-state index contributed by atoms with van der Waals surface area (Å²) >= 11 is 0. The first-order chi connectivity index (χ1) is 15.6. The Morgan fingerprint density at radius 3 is 2.75 bits per heavy atom. The minimum atomic E-state index is -0.332. The number of carbonyl (C=O) groups is 2. The van der Waals surface area contributed by atoms with Crippen molar-refractivity contribution < 1.29 is 19.1 Å². The van der Waals surface area contributed by atoms with Crippen LogP contribution in [0.4, 0.5) is 5.69 Å². The summed E-state index contributed by atoms with van der Waals surface area (Å²) in [6.07, 6.45) is 3.11. The lowest BCUT2D eigenvalue weighted by molar-refractivity contribution is -0.121. The van der Waals surface area contributed by atoms with Crippen LogP contribution in [-0.2, 0) is 4.79 Å². The van der Waals surface area contributed by atoms with E-state index >= 15 is 0 Å². The zero-order valence-corrected chi connectivity index (χ0v) is 18.0. The van der Waals surface area contributed by atoms with Crippen molar-refractivity contribution in [2.24, 2.45) is 5.92 Å². The highest BCUT2D eigenvalue weighted by Crippen LogP contribution is 2.30. The molecule has 0 saturated carbocycles. The van der Waals surface area contributed by atoms with Gasteiger partial charge < -0.3 is 19.7 Å². The summed E-state index contributed by atoms with van der Waals surface area (Å²) in [4.78, 5) is 31.9. The average Bonchev–Trinajstić information content (AvgIpc) is 3.34. The van der Waals surface area contributed by atoms with Gasteiger partial charge in [0.15, 0.2) is 0 Å². The molecule has 3 aromatic rings. The summed E-state index contributed by atoms with van der Waals surface area (Å²) in [6, 6.07) is 12.4. The summed E-state index contributed by atoms with van der Waals surface area (Å²) in [5.41, 5.74) is 2.20. The smallest absolute Gasteiger partial charge is 0.271 e. The Bertz CT molecular complexity index is 1100. The number of amides is 2. The Labute approximate surface area is 185 Å². The van der Waals surface area contributed by atoms with Crippen LogP contribution < -0.4 is 14.8 Å². The van der Waals surface area contributed by atoms with Gasteiger partial charge in [0.25, 0.3) is 5.91 Å². The third-order valence-electron chi connectivity index (χ3n) is 5.48. The molecule has 1 atom stereocenters. The maximum Gasteiger partial charge on any atom is 0.271 e. The second-order valence-corrected chi connectivity index (χ2v) is 7.53. The van der Waals surface area contributed by atoms with Crippen molar-refractivity contribution in [3.63, 3.8) is 0 Å². The van der Waals surface area contributed by atoms with Crippen LogP contribution in [0.1, 0.15) is 23.3 Å². The van der Waals surface area contributed by atoms with Crippen LogP contribution in [0.15, 0.2) is 48.7 Å². The summed E-state index contributed by atoms with van der Waals surface area (Å²) in [5.74, 6) is 0.484. The summed E-state index contributed by atoms with van der Waals surface area (Å²) < 4.78 is 10.6. The van der Waals surface area contributed by atoms with Gasteiger partial charge in [0.2, 0.25) is 5.91 Å². The molecule has 2 N–H and O–H groups in total. The van der Waals surface area contributed by atoms with Crippen LogP contribution in [-0.4, -0.2) is 59.2 Å². The number of methoxy groups -OCH3 is 2. The molecule has 0 aliphatic carbocycles. The maximum atomic E-state index is 13.0. The van der Waals surface area contributed by atoms with E-state index in [0.717, 1.165) is 6.42 Å². The first-order valence-corrected chi connectivity index (χ1v) is 10.4. The van der Waals surface area contributed by atoms with Crippen molar-refractivity contribution in [3.8, 4) is 22.9 Å². The van der Waals surface area contributed by atoms with Crippen molar-refractivity contribution in [2.75, 3.05) is 32.6 Å². The SMILES string of the molecule is COc1ccc(OC)c(NC(=O)C2CCCN(C(=O)c3cc(-c4ccccn4)n[nH]3)C2)c1. The van der Waals surface area contributed by atoms with E-state index in [1.807, 2.05) is 18.2 Å². The Balaban J connectivity index is 1.44. The molecular weight excluding hydrogens is 410 g/mol. The molecule has 2 aromatic heterocycles. The van der Waals surface area contributed by atoms with Crippen LogP contribution in [0.5, 0.6) is 11.5 Å². The van der Waals surface area contributed by atoms with Gasteiger partial charge in [-0.3, -0.25) is 19.7 Å². The molecule has 166 valence electrons. The van der Waals surface area contributed by atoms with E-state index in [-0.39, 0.29) is 17.7 Å². The number of nitrogens with one attached hydrogen (secondary N) is 2. The number of anilines is 1. The minimum absolute atomic E-state index is 0.159. The number of carbonyl (C=O) groups excluding carboxylic acids is 2. The van der Waals surface area contributed by atoms with Crippen LogP contribution in [0.3, 0.4) is 0 Å². The van der Waals surface area contributed by atoms with Crippen molar-refractivity contribution in [3.05, 3.63) is 54.4 Å². The molecule has 0 radical (unpaired) electrons. The fourth-order valence-corrected chi connectivity index (χ4v) is 3.77. The van der Waals surface area contributed by atoms with Crippen molar-refractivity contribution >= 4 is 17.5 Å². The number of aromatic amines is 1. The van der Waals surface area contributed by atoms with Gasteiger partial charge in [-0.2, -0.15) is 5.10 Å². The Morgan fingerprint density at radius 1 is 1.12 bits per heavy atom. The van der Waals surface area contributed by atoms with E-state index in [9.17, 15) is 9.59 Å². The Kier molecular flexibility index (Phi) is 6.34. The molecule has 4 rings (SSSR count). The average molecular weight is 435 g/mol. The Hall–Kier alpha value is -3.88. The lowest BCUT2D eigenvalue weighted by Crippen LogP contribution is -2.43. The number of nitrogens with zero attached hydrogens (tertiary/aromatic N) is 3. The van der Waals surface area contributed by atoms with Crippen LogP contribution >= 0.6 is 0 Å². The lowest BCUT2D eigenvalue weighted by atomic mass is 9.96. The van der Waals surface area contributed by atoms with Gasteiger partial charge in [0, 0.05) is 25.4 Å². The van der Waals surface area contributed by atoms with E-state index < -0.39 is 0 Å². The maximum absolute atomic E-state index is 13.0. The first kappa shape index (κ1) is 21.4. The molecule has 32 heavy (non-hydrogen) atoms.